The van der Waals surface area contributed by atoms with Crippen LogP contribution in [0, 0.1) is 0 Å². The summed E-state index contributed by atoms with van der Waals surface area (Å²) in [6.07, 6.45) is -3.30. The minimum Gasteiger partial charge on any atom is -0.377 e. The van der Waals surface area contributed by atoms with E-state index in [-0.39, 0.29) is 12.1 Å². The summed E-state index contributed by atoms with van der Waals surface area (Å²) in [5, 5.41) is 2.31. The van der Waals surface area contributed by atoms with Crippen molar-refractivity contribution in [2.45, 2.75) is 39.1 Å². The Morgan fingerprint density at radius 1 is 1.44 bits per heavy atom. The van der Waals surface area contributed by atoms with Gasteiger partial charge >= 0.3 is 6.18 Å². The normalized spacial score (nSPS) is 15.7. The fourth-order valence-corrected chi connectivity index (χ4v) is 2.59. The maximum Gasteiger partial charge on any atom is 0.443 e. The van der Waals surface area contributed by atoms with Gasteiger partial charge in [0.25, 0.3) is 0 Å². The van der Waals surface area contributed by atoms with E-state index in [2.05, 4.69) is 10.3 Å². The van der Waals surface area contributed by atoms with Gasteiger partial charge in [-0.3, -0.25) is 0 Å². The van der Waals surface area contributed by atoms with Crippen LogP contribution in [0.3, 0.4) is 0 Å². The monoisotopic (exact) mass is 282 g/mol. The molecule has 1 aromatic rings. The van der Waals surface area contributed by atoms with Gasteiger partial charge in [-0.1, -0.05) is 6.92 Å². The lowest BCUT2D eigenvalue weighted by molar-refractivity contribution is -0.137. The van der Waals surface area contributed by atoms with Crippen LogP contribution in [0.1, 0.15) is 36.7 Å². The standard InChI is InChI=1S/C11H17F3N2OS/c1-4-15-9(7(3)17-5-2)8-6-16-10(18-8)11(12,13)14/h6-7,9,15H,4-5H2,1-3H3. The lowest BCUT2D eigenvalue weighted by atomic mass is 10.1. The van der Waals surface area contributed by atoms with Gasteiger partial charge in [-0.25, -0.2) is 4.98 Å². The van der Waals surface area contributed by atoms with Crippen LogP contribution in [0.5, 0.6) is 0 Å². The quantitative estimate of drug-likeness (QED) is 0.869. The van der Waals surface area contributed by atoms with Crippen molar-refractivity contribution in [3.8, 4) is 0 Å². The number of aromatic nitrogens is 1. The molecule has 0 aliphatic carbocycles. The van der Waals surface area contributed by atoms with Gasteiger partial charge in [-0.15, -0.1) is 11.3 Å². The van der Waals surface area contributed by atoms with Crippen LogP contribution >= 0.6 is 11.3 Å². The molecular formula is C11H17F3N2OS. The topological polar surface area (TPSA) is 34.2 Å². The molecule has 0 aliphatic heterocycles. The van der Waals surface area contributed by atoms with Crippen molar-refractivity contribution >= 4 is 11.3 Å². The first-order valence-electron chi connectivity index (χ1n) is 5.78. The van der Waals surface area contributed by atoms with E-state index >= 15 is 0 Å². The molecule has 0 saturated heterocycles. The molecule has 0 aliphatic rings. The third-order valence-electron chi connectivity index (χ3n) is 2.40. The van der Waals surface area contributed by atoms with Crippen molar-refractivity contribution < 1.29 is 17.9 Å². The molecule has 1 rings (SSSR count). The molecule has 0 bridgehead atoms. The van der Waals surface area contributed by atoms with Crippen molar-refractivity contribution in [1.82, 2.24) is 10.3 Å². The first kappa shape index (κ1) is 15.4. The second-order valence-electron chi connectivity index (χ2n) is 3.76. The van der Waals surface area contributed by atoms with Gasteiger partial charge < -0.3 is 10.1 Å². The molecular weight excluding hydrogens is 265 g/mol. The first-order chi connectivity index (χ1) is 8.40. The summed E-state index contributed by atoms with van der Waals surface area (Å²) in [5.41, 5.74) is 0. The van der Waals surface area contributed by atoms with Gasteiger partial charge in [0.05, 0.1) is 12.1 Å². The molecule has 1 heterocycles. The Labute approximate surface area is 108 Å². The molecule has 3 nitrogen and oxygen atoms in total. The molecule has 2 atom stereocenters. The number of nitrogens with one attached hydrogen (secondary N) is 1. The van der Waals surface area contributed by atoms with E-state index < -0.39 is 11.2 Å². The van der Waals surface area contributed by atoms with Gasteiger partial charge in [0.2, 0.25) is 0 Å². The Balaban J connectivity index is 2.89. The molecule has 104 valence electrons. The molecule has 7 heteroatoms. The number of hydrogen-bond donors (Lipinski definition) is 1. The second kappa shape index (κ2) is 6.49. The summed E-state index contributed by atoms with van der Waals surface area (Å²) in [5.74, 6) is 0. The van der Waals surface area contributed by atoms with Crippen molar-refractivity contribution in [3.63, 3.8) is 0 Å². The molecule has 0 amide bonds. The molecule has 0 radical (unpaired) electrons. The highest BCUT2D eigenvalue weighted by molar-refractivity contribution is 7.11. The van der Waals surface area contributed by atoms with Gasteiger partial charge in [-0.05, 0) is 20.4 Å². The molecule has 1 aromatic heterocycles. The summed E-state index contributed by atoms with van der Waals surface area (Å²) in [7, 11) is 0. The van der Waals surface area contributed by atoms with Gasteiger partial charge in [0.1, 0.15) is 0 Å². The SMILES string of the molecule is CCNC(c1cnc(C(F)(F)F)s1)C(C)OCC. The number of thiazole rings is 1. The molecule has 0 aromatic carbocycles. The number of nitrogens with zero attached hydrogens (tertiary/aromatic N) is 1. The molecule has 0 spiro atoms. The highest BCUT2D eigenvalue weighted by atomic mass is 32.1. The van der Waals surface area contributed by atoms with E-state index in [0.717, 1.165) is 0 Å². The highest BCUT2D eigenvalue weighted by Crippen LogP contribution is 2.35. The van der Waals surface area contributed by atoms with E-state index in [0.29, 0.717) is 29.4 Å². The highest BCUT2D eigenvalue weighted by Gasteiger charge is 2.35. The van der Waals surface area contributed by atoms with Crippen molar-refractivity contribution in [2.75, 3.05) is 13.2 Å². The van der Waals surface area contributed by atoms with E-state index in [1.54, 1.807) is 0 Å². The smallest absolute Gasteiger partial charge is 0.377 e. The Morgan fingerprint density at radius 2 is 2.11 bits per heavy atom. The van der Waals surface area contributed by atoms with Crippen LogP contribution in [0.4, 0.5) is 13.2 Å². The number of rotatable bonds is 6. The van der Waals surface area contributed by atoms with Crippen molar-refractivity contribution in [3.05, 3.63) is 16.1 Å². The summed E-state index contributed by atoms with van der Waals surface area (Å²) < 4.78 is 42.9. The van der Waals surface area contributed by atoms with Crippen LogP contribution in [0.2, 0.25) is 0 Å². The average Bonchev–Trinajstić information content (AvgIpc) is 2.74. The van der Waals surface area contributed by atoms with E-state index in [4.69, 9.17) is 4.74 Å². The summed E-state index contributed by atoms with van der Waals surface area (Å²) >= 11 is 0.663. The summed E-state index contributed by atoms with van der Waals surface area (Å²) in [4.78, 5) is 3.98. The Kier molecular flexibility index (Phi) is 5.55. The fourth-order valence-electron chi connectivity index (χ4n) is 1.64. The zero-order valence-corrected chi connectivity index (χ0v) is 11.4. The zero-order chi connectivity index (χ0) is 13.8. The first-order valence-corrected chi connectivity index (χ1v) is 6.59. The maximum atomic E-state index is 12.5. The largest absolute Gasteiger partial charge is 0.443 e. The Bertz CT molecular complexity index is 367. The van der Waals surface area contributed by atoms with E-state index in [9.17, 15) is 13.2 Å². The third-order valence-corrected chi connectivity index (χ3v) is 3.52. The van der Waals surface area contributed by atoms with Crippen molar-refractivity contribution in [2.24, 2.45) is 0 Å². The minimum absolute atomic E-state index is 0.198. The number of alkyl halides is 3. The number of hydrogen-bond acceptors (Lipinski definition) is 4. The maximum absolute atomic E-state index is 12.5. The molecule has 2 unspecified atom stereocenters. The molecule has 0 saturated carbocycles. The van der Waals surface area contributed by atoms with Crippen LogP contribution in [0.25, 0.3) is 0 Å². The summed E-state index contributed by atoms with van der Waals surface area (Å²) in [6, 6.07) is -0.261. The van der Waals surface area contributed by atoms with Gasteiger partial charge in [-0.2, -0.15) is 13.2 Å². The summed E-state index contributed by atoms with van der Waals surface area (Å²) in [6.45, 7) is 6.77. The Hall–Kier alpha value is -0.660. The van der Waals surface area contributed by atoms with Gasteiger partial charge in [0, 0.05) is 17.7 Å². The molecule has 0 fully saturated rings. The Morgan fingerprint density at radius 3 is 2.56 bits per heavy atom. The fraction of sp³-hybridized carbons (Fsp3) is 0.727. The lowest BCUT2D eigenvalue weighted by Gasteiger charge is -2.23. The minimum atomic E-state index is -4.38. The molecule has 18 heavy (non-hydrogen) atoms. The number of ether oxygens (including phenoxy) is 1. The predicted molar refractivity (Wildman–Crippen MR) is 64.6 cm³/mol. The van der Waals surface area contributed by atoms with E-state index in [1.165, 1.54) is 6.20 Å². The average molecular weight is 282 g/mol. The van der Waals surface area contributed by atoms with Crippen molar-refractivity contribution in [1.29, 1.82) is 0 Å². The van der Waals surface area contributed by atoms with Crippen LogP contribution in [0.15, 0.2) is 6.20 Å². The van der Waals surface area contributed by atoms with Gasteiger partial charge in [0.15, 0.2) is 5.01 Å². The van der Waals surface area contributed by atoms with Crippen LogP contribution < -0.4 is 5.32 Å². The van der Waals surface area contributed by atoms with Crippen LogP contribution in [-0.2, 0) is 10.9 Å². The number of likely N-dealkylation sites (N-methyl/N-ethyl adjacent to an activating group) is 1. The van der Waals surface area contributed by atoms with E-state index in [1.807, 2.05) is 20.8 Å². The number of halogens is 3. The second-order valence-corrected chi connectivity index (χ2v) is 4.82. The zero-order valence-electron chi connectivity index (χ0n) is 10.5. The third kappa shape index (κ3) is 3.93. The lowest BCUT2D eigenvalue weighted by Crippen LogP contribution is -2.31. The molecule has 1 N–H and O–H groups in total. The predicted octanol–water partition coefficient (Wildman–Crippen LogP) is 3.24. The van der Waals surface area contributed by atoms with Crippen LogP contribution in [-0.4, -0.2) is 24.2 Å².